The van der Waals surface area contributed by atoms with Crippen LogP contribution in [0.1, 0.15) is 10.4 Å². The molecule has 6 aromatic rings. The molecule has 0 aliphatic heterocycles. The summed E-state index contributed by atoms with van der Waals surface area (Å²) in [5.74, 6) is 0.0859. The van der Waals surface area contributed by atoms with E-state index in [2.05, 4.69) is 25.3 Å². The minimum Gasteiger partial charge on any atom is -0.422 e. The number of aromatic nitrogens is 6. The molecule has 174 valence electrons. The zero-order valence-corrected chi connectivity index (χ0v) is 18.2. The Balaban J connectivity index is 1.51. The molecule has 0 aliphatic carbocycles. The molecule has 0 spiro atoms. The van der Waals surface area contributed by atoms with Crippen LogP contribution in [0.4, 0.5) is 5.69 Å². The van der Waals surface area contributed by atoms with Crippen LogP contribution in [0.5, 0.6) is 0 Å². The third-order valence-corrected chi connectivity index (χ3v) is 5.51. The molecule has 0 aliphatic rings. The van der Waals surface area contributed by atoms with Gasteiger partial charge in [-0.2, -0.15) is 0 Å². The molecule has 0 amide bonds. The topological polar surface area (TPSA) is 156 Å². The van der Waals surface area contributed by atoms with E-state index in [1.165, 1.54) is 34.9 Å². The van der Waals surface area contributed by atoms with Crippen molar-refractivity contribution in [1.82, 2.24) is 29.9 Å². The smallest absolute Gasteiger partial charge is 0.269 e. The summed E-state index contributed by atoms with van der Waals surface area (Å²) in [5.41, 5.74) is 3.25. The zero-order valence-electron chi connectivity index (χ0n) is 18.2. The molecule has 0 N–H and O–H groups in total. The number of carbonyl (C=O) groups is 1. The van der Waals surface area contributed by atoms with Crippen LogP contribution in [-0.2, 0) is 0 Å². The zero-order chi connectivity index (χ0) is 24.6. The molecule has 0 unspecified atom stereocenters. The number of rotatable bonds is 5. The van der Waals surface area contributed by atoms with Crippen LogP contribution in [0.2, 0.25) is 0 Å². The number of hydrogen-bond donors (Lipinski definition) is 0. The molecule has 0 saturated heterocycles. The first-order valence-corrected chi connectivity index (χ1v) is 10.5. The summed E-state index contributed by atoms with van der Waals surface area (Å²) in [4.78, 5) is 32.9. The fraction of sp³-hybridized carbons (Fsp3) is 0. The quantitative estimate of drug-likeness (QED) is 0.256. The van der Waals surface area contributed by atoms with Crippen LogP contribution < -0.4 is 0 Å². The van der Waals surface area contributed by atoms with Crippen LogP contribution in [0.25, 0.3) is 45.3 Å². The predicted octanol–water partition coefficient (Wildman–Crippen LogP) is 4.40. The van der Waals surface area contributed by atoms with E-state index in [0.717, 1.165) is 17.5 Å². The summed E-state index contributed by atoms with van der Waals surface area (Å²) in [6.45, 7) is 0. The van der Waals surface area contributed by atoms with E-state index < -0.39 is 10.8 Å². The Hall–Kier alpha value is -5.52. The van der Waals surface area contributed by atoms with Gasteiger partial charge in [-0.3, -0.25) is 24.5 Å². The Morgan fingerprint density at radius 1 is 0.972 bits per heavy atom. The molecule has 0 saturated carbocycles. The van der Waals surface area contributed by atoms with Gasteiger partial charge in [0.1, 0.15) is 0 Å². The first-order valence-electron chi connectivity index (χ1n) is 10.5. The van der Waals surface area contributed by atoms with Crippen LogP contribution in [0, 0.1) is 10.1 Å². The molecule has 12 nitrogen and oxygen atoms in total. The molecule has 0 atom stereocenters. The number of hydrogen-bond acceptors (Lipinski definition) is 10. The SMILES string of the molecule is O=C(c1ccc([N+](=O)[O-])cc1)n1c(-c2cc(-c3nnco3)no2)nc2cc(-c3ccncc3)ccc21. The fourth-order valence-corrected chi connectivity index (χ4v) is 3.80. The van der Waals surface area contributed by atoms with Crippen molar-refractivity contribution in [3.05, 3.63) is 95.1 Å². The van der Waals surface area contributed by atoms with Gasteiger partial charge < -0.3 is 8.94 Å². The number of nitro groups is 1. The van der Waals surface area contributed by atoms with Crippen LogP contribution >= 0.6 is 0 Å². The number of non-ortho nitro benzene ring substituents is 1. The maximum atomic E-state index is 13.6. The Kier molecular flexibility index (Phi) is 4.89. The summed E-state index contributed by atoms with van der Waals surface area (Å²) in [6, 6.07) is 16.1. The van der Waals surface area contributed by atoms with Gasteiger partial charge in [-0.05, 0) is 47.5 Å². The lowest BCUT2D eigenvalue weighted by Crippen LogP contribution is -2.13. The minimum atomic E-state index is -0.527. The van der Waals surface area contributed by atoms with Crippen molar-refractivity contribution < 1.29 is 18.7 Å². The van der Waals surface area contributed by atoms with Crippen LogP contribution in [0.3, 0.4) is 0 Å². The molecule has 4 aromatic heterocycles. The highest BCUT2D eigenvalue weighted by atomic mass is 16.6. The Morgan fingerprint density at radius 3 is 2.50 bits per heavy atom. The molecule has 0 fully saturated rings. The summed E-state index contributed by atoms with van der Waals surface area (Å²) >= 11 is 0. The standard InChI is InChI=1S/C24H13N7O5/c32-24(15-1-4-17(5-2-15)31(33)34)30-20-6-3-16(14-7-9-25-10-8-14)11-18(20)27-22(30)21-12-19(29-36-21)23-28-26-13-35-23/h1-13H. The lowest BCUT2D eigenvalue weighted by Gasteiger charge is -2.07. The normalized spacial score (nSPS) is 11.1. The molecule has 0 radical (unpaired) electrons. The molecule has 36 heavy (non-hydrogen) atoms. The molecular weight excluding hydrogens is 466 g/mol. The van der Waals surface area contributed by atoms with Crippen molar-refractivity contribution in [3.8, 4) is 34.3 Å². The molecule has 12 heteroatoms. The van der Waals surface area contributed by atoms with Crippen molar-refractivity contribution in [2.45, 2.75) is 0 Å². The summed E-state index contributed by atoms with van der Waals surface area (Å²) in [7, 11) is 0. The van der Waals surface area contributed by atoms with E-state index in [9.17, 15) is 14.9 Å². The third kappa shape index (κ3) is 3.58. The number of carbonyl (C=O) groups excluding carboxylic acids is 1. The van der Waals surface area contributed by atoms with Crippen molar-refractivity contribution in [2.24, 2.45) is 0 Å². The maximum Gasteiger partial charge on any atom is 0.269 e. The van der Waals surface area contributed by atoms with Gasteiger partial charge in [-0.25, -0.2) is 4.98 Å². The highest BCUT2D eigenvalue weighted by Crippen LogP contribution is 2.31. The summed E-state index contributed by atoms with van der Waals surface area (Å²) < 4.78 is 12.0. The Labute approximate surface area is 201 Å². The maximum absolute atomic E-state index is 13.6. The van der Waals surface area contributed by atoms with E-state index in [-0.39, 0.29) is 34.4 Å². The summed E-state index contributed by atoms with van der Waals surface area (Å²) in [6.07, 6.45) is 4.54. The lowest BCUT2D eigenvalue weighted by molar-refractivity contribution is -0.384. The first kappa shape index (κ1) is 21.0. The lowest BCUT2D eigenvalue weighted by atomic mass is 10.1. The second kappa shape index (κ2) is 8.36. The first-order chi connectivity index (χ1) is 17.6. The second-order valence-corrected chi connectivity index (χ2v) is 7.64. The fourth-order valence-electron chi connectivity index (χ4n) is 3.80. The number of benzene rings is 2. The van der Waals surface area contributed by atoms with E-state index in [1.54, 1.807) is 18.5 Å². The van der Waals surface area contributed by atoms with E-state index in [1.807, 2.05) is 24.3 Å². The highest BCUT2D eigenvalue weighted by Gasteiger charge is 2.24. The molecule has 2 aromatic carbocycles. The predicted molar refractivity (Wildman–Crippen MR) is 125 cm³/mol. The molecule has 6 rings (SSSR count). The van der Waals surface area contributed by atoms with Crippen molar-refractivity contribution in [1.29, 1.82) is 0 Å². The van der Waals surface area contributed by atoms with Crippen LogP contribution in [0.15, 0.2) is 88.4 Å². The van der Waals surface area contributed by atoms with Crippen molar-refractivity contribution in [3.63, 3.8) is 0 Å². The van der Waals surface area contributed by atoms with Gasteiger partial charge in [0.2, 0.25) is 12.2 Å². The number of fused-ring (bicyclic) bond motifs is 1. The molecular formula is C24H13N7O5. The number of nitro benzene ring substituents is 1. The molecule has 0 bridgehead atoms. The average molecular weight is 479 g/mol. The van der Waals surface area contributed by atoms with Crippen LogP contribution in [-0.4, -0.2) is 40.7 Å². The average Bonchev–Trinajstić information content (AvgIpc) is 3.68. The van der Waals surface area contributed by atoms with Gasteiger partial charge in [-0.1, -0.05) is 11.2 Å². The van der Waals surface area contributed by atoms with E-state index >= 15 is 0 Å². The van der Waals surface area contributed by atoms with E-state index in [4.69, 9.17) is 8.94 Å². The van der Waals surface area contributed by atoms with Gasteiger partial charge >= 0.3 is 0 Å². The highest BCUT2D eigenvalue weighted by molar-refractivity contribution is 6.04. The third-order valence-electron chi connectivity index (χ3n) is 5.51. The van der Waals surface area contributed by atoms with Gasteiger partial charge in [0.25, 0.3) is 17.5 Å². The van der Waals surface area contributed by atoms with Gasteiger partial charge in [0, 0.05) is 36.2 Å². The van der Waals surface area contributed by atoms with Gasteiger partial charge in [-0.15, -0.1) is 10.2 Å². The van der Waals surface area contributed by atoms with Gasteiger partial charge in [0.15, 0.2) is 11.5 Å². The molecule has 4 heterocycles. The van der Waals surface area contributed by atoms with Gasteiger partial charge in [0.05, 0.1) is 16.0 Å². The number of nitrogens with zero attached hydrogens (tertiary/aromatic N) is 7. The van der Waals surface area contributed by atoms with Crippen molar-refractivity contribution >= 4 is 22.6 Å². The number of imidazole rings is 1. The Bertz CT molecular complexity index is 1720. The monoisotopic (exact) mass is 479 g/mol. The van der Waals surface area contributed by atoms with E-state index in [0.29, 0.717) is 11.0 Å². The second-order valence-electron chi connectivity index (χ2n) is 7.64. The minimum absolute atomic E-state index is 0.122. The largest absolute Gasteiger partial charge is 0.422 e. The number of pyridine rings is 1. The summed E-state index contributed by atoms with van der Waals surface area (Å²) in [5, 5.41) is 22.4. The van der Waals surface area contributed by atoms with Crippen molar-refractivity contribution in [2.75, 3.05) is 0 Å². The Morgan fingerprint density at radius 2 is 1.78 bits per heavy atom.